The second-order valence-electron chi connectivity index (χ2n) is 4.36. The summed E-state index contributed by atoms with van der Waals surface area (Å²) in [4.78, 5) is 0.338. The Kier molecular flexibility index (Phi) is 5.45. The van der Waals surface area contributed by atoms with Crippen LogP contribution in [0.2, 0.25) is 6.04 Å². The van der Waals surface area contributed by atoms with E-state index in [0.29, 0.717) is 4.83 Å². The Morgan fingerprint density at radius 3 is 2.38 bits per heavy atom. The number of ether oxygens (including phenoxy) is 1. The van der Waals surface area contributed by atoms with Gasteiger partial charge in [0.05, 0.1) is 0 Å². The van der Waals surface area contributed by atoms with Crippen LogP contribution in [0.3, 0.4) is 0 Å². The Balaban J connectivity index is 3.09. The second-order valence-corrected chi connectivity index (χ2v) is 9.14. The number of rotatable bonds is 5. The average molecular weight is 311 g/mol. The van der Waals surface area contributed by atoms with Gasteiger partial charge < -0.3 is 13.6 Å². The summed E-state index contributed by atoms with van der Waals surface area (Å²) >= 11 is 3.78. The molecule has 0 N–H and O–H groups in total. The molecule has 2 unspecified atom stereocenters. The van der Waals surface area contributed by atoms with E-state index in [4.69, 9.17) is 13.6 Å². The van der Waals surface area contributed by atoms with Gasteiger partial charge in [0.1, 0.15) is 5.22 Å². The lowest BCUT2D eigenvalue weighted by Crippen LogP contribution is -2.69. The van der Waals surface area contributed by atoms with Crippen molar-refractivity contribution >= 4 is 24.5 Å². The van der Waals surface area contributed by atoms with Crippen LogP contribution < -0.4 is 0 Å². The van der Waals surface area contributed by atoms with Crippen LogP contribution in [-0.4, -0.2) is 39.9 Å². The molecule has 2 atom stereocenters. The van der Waals surface area contributed by atoms with Gasteiger partial charge in [0.25, 0.3) is 0 Å². The minimum Gasteiger partial charge on any atom is -0.396 e. The molecule has 0 aromatic heterocycles. The molecule has 0 radical (unpaired) electrons. The molecule has 1 aliphatic heterocycles. The van der Waals surface area contributed by atoms with Gasteiger partial charge in [-0.1, -0.05) is 35.7 Å². The van der Waals surface area contributed by atoms with Gasteiger partial charge in [-0.25, -0.2) is 0 Å². The molecule has 1 fully saturated rings. The van der Waals surface area contributed by atoms with Crippen LogP contribution >= 0.6 is 15.9 Å². The summed E-state index contributed by atoms with van der Waals surface area (Å²) in [7, 11) is 3.06. The van der Waals surface area contributed by atoms with E-state index in [1.54, 1.807) is 21.3 Å². The zero-order valence-electron chi connectivity index (χ0n) is 10.7. The number of hydrogen-bond acceptors (Lipinski definition) is 3. The molecule has 0 aromatic carbocycles. The lowest BCUT2D eigenvalue weighted by atomic mass is 10.1. The first-order valence-corrected chi connectivity index (χ1v) is 8.86. The molecule has 16 heavy (non-hydrogen) atoms. The first-order valence-electron chi connectivity index (χ1n) is 5.92. The Morgan fingerprint density at radius 2 is 1.94 bits per heavy atom. The maximum absolute atomic E-state index is 5.89. The highest BCUT2D eigenvalue weighted by Gasteiger charge is 2.62. The fourth-order valence-electron chi connectivity index (χ4n) is 2.93. The van der Waals surface area contributed by atoms with Gasteiger partial charge in [-0.05, 0) is 18.9 Å². The average Bonchev–Trinajstić information content (AvgIpc) is 2.32. The third-order valence-electron chi connectivity index (χ3n) is 3.76. The van der Waals surface area contributed by atoms with E-state index in [1.165, 1.54) is 0 Å². The molecular weight excluding hydrogens is 288 g/mol. The second kappa shape index (κ2) is 5.95. The van der Waals surface area contributed by atoms with Gasteiger partial charge >= 0.3 is 8.56 Å². The summed E-state index contributed by atoms with van der Waals surface area (Å²) in [5, 5.41) is -0.247. The van der Waals surface area contributed by atoms with Gasteiger partial charge in [0.2, 0.25) is 0 Å². The number of alkyl halides is 1. The van der Waals surface area contributed by atoms with E-state index in [2.05, 4.69) is 22.9 Å². The molecule has 1 saturated heterocycles. The molecule has 0 spiro atoms. The highest BCUT2D eigenvalue weighted by molar-refractivity contribution is 9.09. The lowest BCUT2D eigenvalue weighted by molar-refractivity contribution is -0.00873. The first-order chi connectivity index (χ1) is 7.62. The van der Waals surface area contributed by atoms with Crippen molar-refractivity contribution in [3.05, 3.63) is 0 Å². The van der Waals surface area contributed by atoms with Crippen LogP contribution in [0.4, 0.5) is 0 Å². The SMILES string of the molecule is CCCC1(OC)C(Br)CCC[Si]1(OC)OC. The molecule has 0 bridgehead atoms. The zero-order valence-corrected chi connectivity index (χ0v) is 13.3. The molecule has 0 saturated carbocycles. The van der Waals surface area contributed by atoms with Crippen molar-refractivity contribution in [1.29, 1.82) is 0 Å². The molecule has 1 rings (SSSR count). The summed E-state index contributed by atoms with van der Waals surface area (Å²) in [6.45, 7) is 2.18. The van der Waals surface area contributed by atoms with E-state index >= 15 is 0 Å². The van der Waals surface area contributed by atoms with Crippen LogP contribution in [0, 0.1) is 0 Å². The lowest BCUT2D eigenvalue weighted by Gasteiger charge is -2.50. The third-order valence-corrected chi connectivity index (χ3v) is 9.80. The van der Waals surface area contributed by atoms with E-state index in [9.17, 15) is 0 Å². The maximum atomic E-state index is 5.89. The normalized spacial score (nSPS) is 33.9. The molecular formula is C11H23BrO3Si. The Hall–Kier alpha value is 0.577. The van der Waals surface area contributed by atoms with Crippen molar-refractivity contribution in [3.63, 3.8) is 0 Å². The summed E-state index contributed by atoms with van der Waals surface area (Å²) < 4.78 is 17.5. The van der Waals surface area contributed by atoms with Crippen LogP contribution in [0.1, 0.15) is 32.6 Å². The zero-order chi connectivity index (χ0) is 12.2. The maximum Gasteiger partial charge on any atom is 0.371 e. The number of halogens is 1. The van der Waals surface area contributed by atoms with Crippen molar-refractivity contribution in [2.24, 2.45) is 0 Å². The molecule has 0 amide bonds. The largest absolute Gasteiger partial charge is 0.396 e. The smallest absolute Gasteiger partial charge is 0.371 e. The van der Waals surface area contributed by atoms with Gasteiger partial charge in [-0.2, -0.15) is 0 Å². The highest BCUT2D eigenvalue weighted by atomic mass is 79.9. The quantitative estimate of drug-likeness (QED) is 0.577. The van der Waals surface area contributed by atoms with Gasteiger partial charge in [0.15, 0.2) is 0 Å². The van der Waals surface area contributed by atoms with Crippen LogP contribution in [0.25, 0.3) is 0 Å². The Labute approximate surface area is 108 Å². The van der Waals surface area contributed by atoms with E-state index in [0.717, 1.165) is 31.7 Å². The predicted octanol–water partition coefficient (Wildman–Crippen LogP) is 3.00. The van der Waals surface area contributed by atoms with Crippen molar-refractivity contribution in [2.75, 3.05) is 21.3 Å². The van der Waals surface area contributed by atoms with Crippen molar-refractivity contribution in [2.45, 2.75) is 48.7 Å². The van der Waals surface area contributed by atoms with Crippen molar-refractivity contribution in [1.82, 2.24) is 0 Å². The standard InChI is InChI=1S/C11H23BrO3Si/c1-5-8-11(13-2)10(12)7-6-9-16(11,14-3)15-4/h10H,5-9H2,1-4H3. The summed E-state index contributed by atoms with van der Waals surface area (Å²) in [6.07, 6.45) is 4.36. The van der Waals surface area contributed by atoms with Crippen LogP contribution in [0.15, 0.2) is 0 Å². The fraction of sp³-hybridized carbons (Fsp3) is 1.00. The van der Waals surface area contributed by atoms with E-state index < -0.39 is 8.56 Å². The minimum absolute atomic E-state index is 0.247. The first kappa shape index (κ1) is 14.6. The summed E-state index contributed by atoms with van der Waals surface area (Å²) in [5.41, 5.74) is 0. The Bertz CT molecular complexity index is 223. The molecule has 1 aliphatic rings. The van der Waals surface area contributed by atoms with Crippen LogP contribution in [-0.2, 0) is 13.6 Å². The highest BCUT2D eigenvalue weighted by Crippen LogP contribution is 2.45. The van der Waals surface area contributed by atoms with E-state index in [1.807, 2.05) is 0 Å². The van der Waals surface area contributed by atoms with Gasteiger partial charge in [-0.3, -0.25) is 0 Å². The predicted molar refractivity (Wildman–Crippen MR) is 71.2 cm³/mol. The summed E-state index contributed by atoms with van der Waals surface area (Å²) in [6, 6.07) is 1.02. The fourth-order valence-corrected chi connectivity index (χ4v) is 8.64. The molecule has 0 aromatic rings. The summed E-state index contributed by atoms with van der Waals surface area (Å²) in [5.74, 6) is 0. The Morgan fingerprint density at radius 1 is 1.31 bits per heavy atom. The van der Waals surface area contributed by atoms with Crippen molar-refractivity contribution in [3.8, 4) is 0 Å². The van der Waals surface area contributed by atoms with E-state index in [-0.39, 0.29) is 5.22 Å². The third kappa shape index (κ3) is 2.12. The van der Waals surface area contributed by atoms with Gasteiger partial charge in [-0.15, -0.1) is 0 Å². The molecule has 1 heterocycles. The monoisotopic (exact) mass is 310 g/mol. The van der Waals surface area contributed by atoms with Gasteiger partial charge in [0, 0.05) is 26.2 Å². The van der Waals surface area contributed by atoms with Crippen molar-refractivity contribution < 1.29 is 13.6 Å². The topological polar surface area (TPSA) is 27.7 Å². The molecule has 0 aliphatic carbocycles. The van der Waals surface area contributed by atoms with Crippen LogP contribution in [0.5, 0.6) is 0 Å². The minimum atomic E-state index is -2.26. The number of hydrogen-bond donors (Lipinski definition) is 0. The molecule has 96 valence electrons. The number of methoxy groups -OCH3 is 1. The molecule has 3 nitrogen and oxygen atoms in total. The molecule has 5 heteroatoms.